The lowest BCUT2D eigenvalue weighted by Crippen LogP contribution is -2.42. The van der Waals surface area contributed by atoms with Crippen molar-refractivity contribution >= 4 is 21.5 Å². The van der Waals surface area contributed by atoms with Crippen molar-refractivity contribution in [2.45, 2.75) is 24.3 Å². The lowest BCUT2D eigenvalue weighted by Gasteiger charge is -2.26. The molecule has 3 aromatic rings. The summed E-state index contributed by atoms with van der Waals surface area (Å²) in [5.41, 5.74) is 2.93. The van der Waals surface area contributed by atoms with Crippen LogP contribution in [0.15, 0.2) is 83.8 Å². The molecule has 27 heavy (non-hydrogen) atoms. The molecule has 0 radical (unpaired) electrons. The van der Waals surface area contributed by atoms with Gasteiger partial charge in [-0.05, 0) is 30.7 Å². The molecule has 3 aromatic carbocycles. The Hall–Kier alpha value is -2.92. The average molecular weight is 377 g/mol. The second kappa shape index (κ2) is 6.67. The van der Waals surface area contributed by atoms with Crippen molar-refractivity contribution in [3.05, 3.63) is 95.6 Å². The fourth-order valence-electron chi connectivity index (χ4n) is 3.47. The first-order valence-corrected chi connectivity index (χ1v) is 10.2. The van der Waals surface area contributed by atoms with E-state index >= 15 is 0 Å². The number of hydrogen-bond donors (Lipinski definition) is 0. The van der Waals surface area contributed by atoms with Crippen molar-refractivity contribution in [3.8, 4) is 0 Å². The van der Waals surface area contributed by atoms with E-state index in [1.165, 1.54) is 4.31 Å². The zero-order valence-corrected chi connectivity index (χ0v) is 15.7. The molecule has 1 unspecified atom stereocenters. The van der Waals surface area contributed by atoms with Crippen LogP contribution < -0.4 is 4.31 Å². The van der Waals surface area contributed by atoms with Crippen molar-refractivity contribution in [2.24, 2.45) is 0 Å². The van der Waals surface area contributed by atoms with Gasteiger partial charge in [0, 0.05) is 12.0 Å². The molecule has 5 heteroatoms. The molecule has 1 heterocycles. The van der Waals surface area contributed by atoms with Crippen LogP contribution in [0.2, 0.25) is 0 Å². The maximum absolute atomic E-state index is 13.4. The molecule has 0 fully saturated rings. The van der Waals surface area contributed by atoms with E-state index < -0.39 is 16.1 Å². The van der Waals surface area contributed by atoms with E-state index in [2.05, 4.69) is 0 Å². The van der Waals surface area contributed by atoms with Crippen LogP contribution >= 0.6 is 0 Å². The molecule has 1 aliphatic rings. The third kappa shape index (κ3) is 3.04. The second-order valence-corrected chi connectivity index (χ2v) is 8.51. The van der Waals surface area contributed by atoms with Gasteiger partial charge in [0.05, 0.1) is 10.6 Å². The van der Waals surface area contributed by atoms with Crippen LogP contribution in [-0.4, -0.2) is 20.2 Å². The highest BCUT2D eigenvalue weighted by Gasteiger charge is 2.42. The van der Waals surface area contributed by atoms with Gasteiger partial charge >= 0.3 is 0 Å². The number of anilines is 1. The Morgan fingerprint density at radius 3 is 2.22 bits per heavy atom. The number of carbonyl (C=O) groups is 1. The predicted molar refractivity (Wildman–Crippen MR) is 106 cm³/mol. The maximum Gasteiger partial charge on any atom is 0.265 e. The summed E-state index contributed by atoms with van der Waals surface area (Å²) in [7, 11) is -3.86. The molecule has 0 bridgehead atoms. The van der Waals surface area contributed by atoms with E-state index in [4.69, 9.17) is 0 Å². The van der Waals surface area contributed by atoms with Crippen LogP contribution in [0, 0.1) is 6.92 Å². The standard InChI is InChI=1S/C22H19NO3S/c1-16-11-13-19(14-12-16)27(25,26)23-20-10-6-5-9-18(20)15-21(23)22(24)17-7-3-2-4-8-17/h2-14,21H,15H2,1H3. The minimum atomic E-state index is -3.86. The summed E-state index contributed by atoms with van der Waals surface area (Å²) in [5, 5.41) is 0. The first-order chi connectivity index (χ1) is 13.0. The SMILES string of the molecule is Cc1ccc(S(=O)(=O)N2c3ccccc3CC2C(=O)c2ccccc2)cc1. The van der Waals surface area contributed by atoms with Crippen molar-refractivity contribution in [3.63, 3.8) is 0 Å². The van der Waals surface area contributed by atoms with Crippen LogP contribution in [0.3, 0.4) is 0 Å². The van der Waals surface area contributed by atoms with E-state index in [0.717, 1.165) is 11.1 Å². The van der Waals surface area contributed by atoms with Crippen LogP contribution in [0.4, 0.5) is 5.69 Å². The minimum absolute atomic E-state index is 0.190. The van der Waals surface area contributed by atoms with E-state index in [1.807, 2.05) is 25.1 Å². The Morgan fingerprint density at radius 1 is 0.889 bits per heavy atom. The molecule has 1 atom stereocenters. The fraction of sp³-hybridized carbons (Fsp3) is 0.136. The first-order valence-electron chi connectivity index (χ1n) is 8.77. The van der Waals surface area contributed by atoms with Crippen LogP contribution in [0.25, 0.3) is 0 Å². The monoisotopic (exact) mass is 377 g/mol. The minimum Gasteiger partial charge on any atom is -0.292 e. The van der Waals surface area contributed by atoms with E-state index in [9.17, 15) is 13.2 Å². The van der Waals surface area contributed by atoms with Gasteiger partial charge in [-0.3, -0.25) is 9.10 Å². The molecule has 0 amide bonds. The summed E-state index contributed by atoms with van der Waals surface area (Å²) < 4.78 is 28.2. The normalized spacial score (nSPS) is 16.2. The molecule has 136 valence electrons. The molecule has 0 aromatic heterocycles. The number of para-hydroxylation sites is 1. The Morgan fingerprint density at radius 2 is 1.52 bits per heavy atom. The van der Waals surface area contributed by atoms with Gasteiger partial charge in [-0.1, -0.05) is 66.2 Å². The Bertz CT molecular complexity index is 1090. The first kappa shape index (κ1) is 17.5. The summed E-state index contributed by atoms with van der Waals surface area (Å²) in [6, 6.07) is 22.1. The maximum atomic E-state index is 13.4. The van der Waals surface area contributed by atoms with Gasteiger partial charge < -0.3 is 0 Å². The number of rotatable bonds is 4. The van der Waals surface area contributed by atoms with Gasteiger partial charge in [0.15, 0.2) is 5.78 Å². The molecular formula is C22H19NO3S. The Balaban J connectivity index is 1.83. The molecule has 0 N–H and O–H groups in total. The van der Waals surface area contributed by atoms with E-state index in [-0.39, 0.29) is 10.7 Å². The molecule has 0 spiro atoms. The van der Waals surface area contributed by atoms with Gasteiger partial charge in [0.25, 0.3) is 10.0 Å². The Labute approximate surface area is 159 Å². The van der Waals surface area contributed by atoms with E-state index in [1.54, 1.807) is 60.7 Å². The van der Waals surface area contributed by atoms with Crippen LogP contribution in [0.5, 0.6) is 0 Å². The molecule has 0 saturated carbocycles. The molecule has 0 saturated heterocycles. The highest BCUT2D eigenvalue weighted by Crippen LogP contribution is 2.37. The van der Waals surface area contributed by atoms with Gasteiger partial charge in [-0.2, -0.15) is 0 Å². The van der Waals surface area contributed by atoms with Crippen molar-refractivity contribution < 1.29 is 13.2 Å². The zero-order valence-electron chi connectivity index (χ0n) is 14.9. The fourth-order valence-corrected chi connectivity index (χ4v) is 5.12. The summed E-state index contributed by atoms with van der Waals surface area (Å²) >= 11 is 0. The number of carbonyl (C=O) groups excluding carboxylic acids is 1. The summed E-state index contributed by atoms with van der Waals surface area (Å²) in [6.07, 6.45) is 0.370. The molecule has 1 aliphatic heterocycles. The summed E-state index contributed by atoms with van der Waals surface area (Å²) in [5.74, 6) is -0.192. The number of aryl methyl sites for hydroxylation is 1. The van der Waals surface area contributed by atoms with E-state index in [0.29, 0.717) is 17.7 Å². The third-order valence-corrected chi connectivity index (χ3v) is 6.70. The van der Waals surface area contributed by atoms with Crippen LogP contribution in [-0.2, 0) is 16.4 Å². The number of benzene rings is 3. The highest BCUT2D eigenvalue weighted by atomic mass is 32.2. The number of Topliss-reactive ketones (excluding diaryl/α,β-unsaturated/α-hetero) is 1. The number of sulfonamides is 1. The third-order valence-electron chi connectivity index (χ3n) is 4.86. The smallest absolute Gasteiger partial charge is 0.265 e. The molecule has 4 rings (SSSR count). The van der Waals surface area contributed by atoms with Crippen LogP contribution in [0.1, 0.15) is 21.5 Å². The average Bonchev–Trinajstić information content (AvgIpc) is 3.09. The second-order valence-electron chi connectivity index (χ2n) is 6.69. The number of nitrogens with zero attached hydrogens (tertiary/aromatic N) is 1. The number of ketones is 1. The number of fused-ring (bicyclic) bond motifs is 1. The largest absolute Gasteiger partial charge is 0.292 e. The van der Waals surface area contributed by atoms with Gasteiger partial charge in [0.2, 0.25) is 0 Å². The predicted octanol–water partition coefficient (Wildman–Crippen LogP) is 4.00. The zero-order chi connectivity index (χ0) is 19.0. The highest BCUT2D eigenvalue weighted by molar-refractivity contribution is 7.93. The number of hydrogen-bond acceptors (Lipinski definition) is 3. The lowest BCUT2D eigenvalue weighted by atomic mass is 10.0. The topological polar surface area (TPSA) is 54.5 Å². The van der Waals surface area contributed by atoms with Crippen molar-refractivity contribution in [1.29, 1.82) is 0 Å². The molecule has 4 nitrogen and oxygen atoms in total. The van der Waals surface area contributed by atoms with Gasteiger partial charge in [-0.15, -0.1) is 0 Å². The Kier molecular flexibility index (Phi) is 4.32. The molecular weight excluding hydrogens is 358 g/mol. The lowest BCUT2D eigenvalue weighted by molar-refractivity contribution is 0.0966. The quantitative estimate of drug-likeness (QED) is 0.646. The summed E-state index contributed by atoms with van der Waals surface area (Å²) in [6.45, 7) is 1.91. The summed E-state index contributed by atoms with van der Waals surface area (Å²) in [4.78, 5) is 13.3. The van der Waals surface area contributed by atoms with Gasteiger partial charge in [-0.25, -0.2) is 8.42 Å². The van der Waals surface area contributed by atoms with Crippen molar-refractivity contribution in [1.82, 2.24) is 0 Å². The van der Waals surface area contributed by atoms with Crippen molar-refractivity contribution in [2.75, 3.05) is 4.31 Å². The molecule has 0 aliphatic carbocycles. The van der Waals surface area contributed by atoms with Gasteiger partial charge in [0.1, 0.15) is 6.04 Å².